The van der Waals surface area contributed by atoms with Gasteiger partial charge in [0.05, 0.1) is 0 Å². The second-order valence-corrected chi connectivity index (χ2v) is 5.92. The van der Waals surface area contributed by atoms with Gasteiger partial charge in [0, 0.05) is 29.4 Å². The summed E-state index contributed by atoms with van der Waals surface area (Å²) >= 11 is 0. The summed E-state index contributed by atoms with van der Waals surface area (Å²) in [5.74, 6) is -0.211. The predicted octanol–water partition coefficient (Wildman–Crippen LogP) is 1.72. The molecule has 1 N–H and O–H groups in total. The highest BCUT2D eigenvalue weighted by molar-refractivity contribution is 6.50. The van der Waals surface area contributed by atoms with E-state index in [4.69, 9.17) is 0 Å². The first kappa shape index (κ1) is 14.0. The van der Waals surface area contributed by atoms with Crippen molar-refractivity contribution in [2.75, 3.05) is 26.7 Å². The molecule has 1 aromatic carbocycles. The number of allylic oxidation sites excluding steroid dienone is 1. The Morgan fingerprint density at radius 3 is 2.52 bits per heavy atom. The molecule has 4 nitrogen and oxygen atoms in total. The average Bonchev–Trinajstić information content (AvgIpc) is 2.51. The minimum atomic E-state index is -0.431. The molecule has 3 rings (SSSR count). The minimum absolute atomic E-state index is 0.407. The van der Waals surface area contributed by atoms with E-state index in [0.29, 0.717) is 11.5 Å². The molecule has 21 heavy (non-hydrogen) atoms. The number of likely N-dealkylation sites (tertiary alicyclic amines) is 1. The Kier molecular flexibility index (Phi) is 3.88. The van der Waals surface area contributed by atoms with Crippen LogP contribution in [0, 0.1) is 5.92 Å². The van der Waals surface area contributed by atoms with Gasteiger partial charge in [-0.05, 0) is 38.9 Å². The molecule has 1 aromatic rings. The van der Waals surface area contributed by atoms with Gasteiger partial charge in [-0.3, -0.25) is 9.59 Å². The number of Topliss-reactive ketones (excluding diaryl/α,β-unsaturated/α-hetero) is 1. The molecule has 2 aliphatic rings. The third-order valence-electron chi connectivity index (χ3n) is 4.38. The Bertz CT molecular complexity index is 599. The van der Waals surface area contributed by atoms with Gasteiger partial charge in [0.25, 0.3) is 0 Å². The molecule has 0 bridgehead atoms. The zero-order chi connectivity index (χ0) is 14.8. The molecule has 0 atom stereocenters. The third kappa shape index (κ3) is 2.90. The lowest BCUT2D eigenvalue weighted by atomic mass is 9.92. The number of hydrogen-bond donors (Lipinski definition) is 1. The van der Waals surface area contributed by atoms with Gasteiger partial charge in [0.15, 0.2) is 0 Å². The Morgan fingerprint density at radius 2 is 1.81 bits per heavy atom. The van der Waals surface area contributed by atoms with Crippen molar-refractivity contribution in [1.29, 1.82) is 0 Å². The van der Waals surface area contributed by atoms with Crippen LogP contribution in [-0.2, 0) is 4.79 Å². The number of fused-ring (bicyclic) bond motifs is 1. The summed E-state index contributed by atoms with van der Waals surface area (Å²) in [6, 6.07) is 7.31. The second kappa shape index (κ2) is 5.82. The van der Waals surface area contributed by atoms with Crippen molar-refractivity contribution in [2.45, 2.75) is 12.8 Å². The fraction of sp³-hybridized carbons (Fsp3) is 0.412. The molecule has 0 spiro atoms. The minimum Gasteiger partial charge on any atom is -0.384 e. The van der Waals surface area contributed by atoms with E-state index in [0.717, 1.165) is 30.9 Å². The number of benzene rings is 1. The standard InChI is InChI=1S/C17H20N2O2/c1-19-8-6-12(7-9-19)11-18-15-10-16(20)17(21)14-5-3-2-4-13(14)15/h2-5,10,12,18H,6-9,11H2,1H3. The number of carbonyl (C=O) groups is 2. The van der Waals surface area contributed by atoms with Crippen molar-refractivity contribution in [3.05, 3.63) is 41.5 Å². The molecule has 1 heterocycles. The summed E-state index contributed by atoms with van der Waals surface area (Å²) in [7, 11) is 2.15. The molecule has 1 aliphatic heterocycles. The molecule has 0 amide bonds. The van der Waals surface area contributed by atoms with Gasteiger partial charge in [-0.15, -0.1) is 0 Å². The summed E-state index contributed by atoms with van der Waals surface area (Å²) in [4.78, 5) is 26.0. The quantitative estimate of drug-likeness (QED) is 0.859. The molecule has 0 saturated carbocycles. The highest BCUT2D eigenvalue weighted by atomic mass is 16.2. The van der Waals surface area contributed by atoms with Crippen LogP contribution in [0.2, 0.25) is 0 Å². The average molecular weight is 284 g/mol. The Balaban J connectivity index is 1.72. The lowest BCUT2D eigenvalue weighted by Gasteiger charge is -2.30. The lowest BCUT2D eigenvalue weighted by Crippen LogP contribution is -2.35. The molecule has 4 heteroatoms. The van der Waals surface area contributed by atoms with E-state index in [1.54, 1.807) is 12.1 Å². The highest BCUT2D eigenvalue weighted by Gasteiger charge is 2.25. The van der Waals surface area contributed by atoms with Crippen LogP contribution < -0.4 is 5.32 Å². The summed E-state index contributed by atoms with van der Waals surface area (Å²) < 4.78 is 0. The fourth-order valence-corrected chi connectivity index (χ4v) is 2.99. The SMILES string of the molecule is CN1CCC(CNC2=CC(=O)C(=O)c3ccccc32)CC1. The summed E-state index contributed by atoms with van der Waals surface area (Å²) in [6.07, 6.45) is 3.79. The van der Waals surface area contributed by atoms with Gasteiger partial charge in [0.2, 0.25) is 11.6 Å². The first-order valence-corrected chi connectivity index (χ1v) is 7.47. The number of hydrogen-bond acceptors (Lipinski definition) is 4. The van der Waals surface area contributed by atoms with E-state index in [1.165, 1.54) is 18.9 Å². The molecule has 1 saturated heterocycles. The molecular formula is C17H20N2O2. The monoisotopic (exact) mass is 284 g/mol. The van der Waals surface area contributed by atoms with Crippen LogP contribution in [0.4, 0.5) is 0 Å². The highest BCUT2D eigenvalue weighted by Crippen LogP contribution is 2.24. The fourth-order valence-electron chi connectivity index (χ4n) is 2.99. The zero-order valence-electron chi connectivity index (χ0n) is 12.3. The van der Waals surface area contributed by atoms with Crippen LogP contribution in [0.5, 0.6) is 0 Å². The number of nitrogens with one attached hydrogen (secondary N) is 1. The number of carbonyl (C=O) groups excluding carboxylic acids is 2. The molecule has 110 valence electrons. The van der Waals surface area contributed by atoms with Crippen molar-refractivity contribution in [3.8, 4) is 0 Å². The molecule has 1 aliphatic carbocycles. The third-order valence-corrected chi connectivity index (χ3v) is 4.38. The lowest BCUT2D eigenvalue weighted by molar-refractivity contribution is -0.111. The topological polar surface area (TPSA) is 49.4 Å². The largest absolute Gasteiger partial charge is 0.384 e. The van der Waals surface area contributed by atoms with Gasteiger partial charge in [-0.2, -0.15) is 0 Å². The van der Waals surface area contributed by atoms with Crippen molar-refractivity contribution in [2.24, 2.45) is 5.92 Å². The van der Waals surface area contributed by atoms with Crippen molar-refractivity contribution < 1.29 is 9.59 Å². The maximum Gasteiger partial charge on any atom is 0.233 e. The van der Waals surface area contributed by atoms with E-state index in [1.807, 2.05) is 12.1 Å². The normalized spacial score (nSPS) is 20.1. The van der Waals surface area contributed by atoms with Crippen LogP contribution in [0.1, 0.15) is 28.8 Å². The first-order valence-electron chi connectivity index (χ1n) is 7.47. The number of rotatable bonds is 3. The smallest absolute Gasteiger partial charge is 0.233 e. The van der Waals surface area contributed by atoms with Crippen LogP contribution in [0.15, 0.2) is 30.3 Å². The molecular weight excluding hydrogens is 264 g/mol. The summed E-state index contributed by atoms with van der Waals surface area (Å²) in [5.41, 5.74) is 2.14. The van der Waals surface area contributed by atoms with Gasteiger partial charge < -0.3 is 10.2 Å². The first-order chi connectivity index (χ1) is 10.1. The Labute approximate surface area is 124 Å². The molecule has 0 aromatic heterocycles. The van der Waals surface area contributed by atoms with Crippen LogP contribution >= 0.6 is 0 Å². The maximum absolute atomic E-state index is 11.9. The maximum atomic E-state index is 11.9. The van der Waals surface area contributed by atoms with Gasteiger partial charge in [-0.1, -0.05) is 24.3 Å². The van der Waals surface area contributed by atoms with Gasteiger partial charge in [0.1, 0.15) is 0 Å². The van der Waals surface area contributed by atoms with E-state index in [9.17, 15) is 9.59 Å². The number of ketones is 2. The van der Waals surface area contributed by atoms with E-state index in [-0.39, 0.29) is 0 Å². The number of nitrogens with zero attached hydrogens (tertiary/aromatic N) is 1. The molecule has 1 fully saturated rings. The van der Waals surface area contributed by atoms with Gasteiger partial charge >= 0.3 is 0 Å². The molecule has 0 radical (unpaired) electrons. The summed E-state index contributed by atoms with van der Waals surface area (Å²) in [6.45, 7) is 3.11. The van der Waals surface area contributed by atoms with Crippen molar-refractivity contribution in [1.82, 2.24) is 10.2 Å². The van der Waals surface area contributed by atoms with Crippen LogP contribution in [0.3, 0.4) is 0 Å². The van der Waals surface area contributed by atoms with E-state index < -0.39 is 11.6 Å². The van der Waals surface area contributed by atoms with Crippen LogP contribution in [-0.4, -0.2) is 43.1 Å². The van der Waals surface area contributed by atoms with Crippen LogP contribution in [0.25, 0.3) is 5.70 Å². The summed E-state index contributed by atoms with van der Waals surface area (Å²) in [5, 5.41) is 3.38. The second-order valence-electron chi connectivity index (χ2n) is 5.92. The zero-order valence-corrected chi connectivity index (χ0v) is 12.3. The van der Waals surface area contributed by atoms with Crippen molar-refractivity contribution >= 4 is 17.3 Å². The Hall–Kier alpha value is -1.94. The Morgan fingerprint density at radius 1 is 1.14 bits per heavy atom. The van der Waals surface area contributed by atoms with Crippen molar-refractivity contribution in [3.63, 3.8) is 0 Å². The number of piperidine rings is 1. The van der Waals surface area contributed by atoms with E-state index >= 15 is 0 Å². The predicted molar refractivity (Wildman–Crippen MR) is 82.0 cm³/mol. The van der Waals surface area contributed by atoms with E-state index in [2.05, 4.69) is 17.3 Å². The molecule has 0 unspecified atom stereocenters. The van der Waals surface area contributed by atoms with Gasteiger partial charge in [-0.25, -0.2) is 0 Å².